The Kier molecular flexibility index (Phi) is 9.60. The summed E-state index contributed by atoms with van der Waals surface area (Å²) in [5, 5.41) is 23.4. The van der Waals surface area contributed by atoms with Gasteiger partial charge in [-0.15, -0.1) is 5.10 Å². The number of para-hydroxylation sites is 1. The number of nitrogens with zero attached hydrogens (tertiary/aromatic N) is 4. The molecule has 41 heavy (non-hydrogen) atoms. The number of benzene rings is 2. The lowest BCUT2D eigenvalue weighted by Gasteiger charge is -2.26. The Labute approximate surface area is 239 Å². The molecular weight excluding hydrogens is 518 g/mol. The number of unbranched alkanes of at least 4 members (excludes halogenated alkanes) is 1. The number of allylic oxidation sites excluding steroid dienone is 5. The normalized spacial score (nSPS) is 16.2. The lowest BCUT2D eigenvalue weighted by molar-refractivity contribution is -0.137. The van der Waals surface area contributed by atoms with Crippen LogP contribution in [0.2, 0.25) is 0 Å². The van der Waals surface area contributed by atoms with E-state index >= 15 is 0 Å². The molecule has 0 amide bonds. The van der Waals surface area contributed by atoms with Gasteiger partial charge in [-0.25, -0.2) is 5.10 Å². The first-order valence-electron chi connectivity index (χ1n) is 14.1. The van der Waals surface area contributed by atoms with Crippen LogP contribution in [0.3, 0.4) is 0 Å². The number of aromatic nitrogens is 4. The number of carbonyl (C=O) groups is 1. The van der Waals surface area contributed by atoms with Crippen molar-refractivity contribution in [2.45, 2.75) is 45.1 Å². The van der Waals surface area contributed by atoms with Gasteiger partial charge in [0.2, 0.25) is 0 Å². The molecule has 3 aromatic rings. The van der Waals surface area contributed by atoms with E-state index in [4.69, 9.17) is 14.6 Å². The molecule has 0 bridgehead atoms. The monoisotopic (exact) mass is 553 g/mol. The fraction of sp³-hybridized carbons (Fsp3) is 0.312. The summed E-state index contributed by atoms with van der Waals surface area (Å²) in [6.07, 6.45) is 15.0. The Morgan fingerprint density at radius 3 is 2.46 bits per heavy atom. The molecule has 0 radical (unpaired) electrons. The van der Waals surface area contributed by atoms with Crippen LogP contribution in [0.15, 0.2) is 95.9 Å². The van der Waals surface area contributed by atoms with Crippen molar-refractivity contribution in [3.63, 3.8) is 0 Å². The minimum atomic E-state index is -0.763. The molecule has 0 saturated carbocycles. The first-order valence-corrected chi connectivity index (χ1v) is 14.1. The van der Waals surface area contributed by atoms with E-state index in [-0.39, 0.29) is 12.3 Å². The highest BCUT2D eigenvalue weighted by molar-refractivity contribution is 5.66. The summed E-state index contributed by atoms with van der Waals surface area (Å²) in [6, 6.07) is 18.0. The zero-order chi connectivity index (χ0) is 28.3. The van der Waals surface area contributed by atoms with Gasteiger partial charge in [0.1, 0.15) is 11.5 Å². The lowest BCUT2D eigenvalue weighted by Crippen LogP contribution is -2.20. The number of nitrogens with one attached hydrogen (secondary N) is 1. The van der Waals surface area contributed by atoms with Gasteiger partial charge in [-0.3, -0.25) is 4.79 Å². The van der Waals surface area contributed by atoms with Crippen LogP contribution >= 0.6 is 0 Å². The number of aromatic amines is 1. The highest BCUT2D eigenvalue weighted by Gasteiger charge is 2.32. The molecule has 2 heterocycles. The summed E-state index contributed by atoms with van der Waals surface area (Å²) in [5.41, 5.74) is 4.64. The van der Waals surface area contributed by atoms with Crippen molar-refractivity contribution in [1.82, 2.24) is 25.5 Å². The van der Waals surface area contributed by atoms with Crippen molar-refractivity contribution in [1.29, 1.82) is 0 Å². The number of ether oxygens (including phenoxy) is 2. The molecule has 5 rings (SSSR count). The number of carboxylic acids is 1. The first-order chi connectivity index (χ1) is 20.2. The van der Waals surface area contributed by atoms with Gasteiger partial charge in [0.05, 0.1) is 19.8 Å². The van der Waals surface area contributed by atoms with Gasteiger partial charge < -0.3 is 19.5 Å². The molecule has 2 aromatic carbocycles. The van der Waals surface area contributed by atoms with Gasteiger partial charge in [-0.05, 0) is 83.5 Å². The van der Waals surface area contributed by atoms with Crippen LogP contribution in [0.4, 0.5) is 0 Å². The van der Waals surface area contributed by atoms with E-state index in [0.717, 1.165) is 48.3 Å². The number of hydrogen-bond donors (Lipinski definition) is 2. The van der Waals surface area contributed by atoms with E-state index in [1.54, 1.807) is 0 Å². The maximum atomic E-state index is 11.1. The summed E-state index contributed by atoms with van der Waals surface area (Å²) in [7, 11) is 0. The molecule has 1 unspecified atom stereocenters. The van der Waals surface area contributed by atoms with Crippen LogP contribution in [-0.4, -0.2) is 49.8 Å². The predicted octanol–water partition coefficient (Wildman–Crippen LogP) is 5.94. The SMILES string of the molecule is O=C(O)CCCC1=CN(Cc2nnn[nH]2)C2=C(/C=C/c3ccc(OCCCCOc4ccccc4)cc3)C=CCC12. The van der Waals surface area contributed by atoms with Crippen molar-refractivity contribution in [3.8, 4) is 11.5 Å². The molecule has 9 heteroatoms. The molecule has 0 fully saturated rings. The van der Waals surface area contributed by atoms with Crippen molar-refractivity contribution < 1.29 is 19.4 Å². The molecule has 2 N–H and O–H groups in total. The van der Waals surface area contributed by atoms with Crippen molar-refractivity contribution in [2.75, 3.05) is 13.2 Å². The number of aliphatic carboxylic acids is 1. The highest BCUT2D eigenvalue weighted by Crippen LogP contribution is 2.42. The Balaban J connectivity index is 1.17. The third kappa shape index (κ3) is 7.94. The van der Waals surface area contributed by atoms with Crippen LogP contribution in [0, 0.1) is 5.92 Å². The number of tetrazole rings is 1. The van der Waals surface area contributed by atoms with Crippen LogP contribution < -0.4 is 9.47 Å². The third-order valence-electron chi connectivity index (χ3n) is 7.09. The molecule has 1 aromatic heterocycles. The molecular formula is C32H35N5O4. The molecule has 2 aliphatic rings. The van der Waals surface area contributed by atoms with E-state index in [1.807, 2.05) is 42.5 Å². The Bertz CT molecular complexity index is 1400. The summed E-state index contributed by atoms with van der Waals surface area (Å²) in [4.78, 5) is 13.2. The first kappa shape index (κ1) is 27.9. The fourth-order valence-electron chi connectivity index (χ4n) is 5.11. The van der Waals surface area contributed by atoms with E-state index in [9.17, 15) is 4.79 Å². The van der Waals surface area contributed by atoms with E-state index in [2.05, 4.69) is 68.2 Å². The Morgan fingerprint density at radius 2 is 1.76 bits per heavy atom. The molecule has 1 atom stereocenters. The molecule has 0 saturated heterocycles. The second kappa shape index (κ2) is 14.1. The third-order valence-corrected chi connectivity index (χ3v) is 7.09. The number of hydrogen-bond acceptors (Lipinski definition) is 7. The number of H-pyrrole nitrogens is 1. The Hall–Kier alpha value is -4.66. The molecule has 1 aliphatic carbocycles. The zero-order valence-corrected chi connectivity index (χ0v) is 23.0. The summed E-state index contributed by atoms with van der Waals surface area (Å²) >= 11 is 0. The summed E-state index contributed by atoms with van der Waals surface area (Å²) in [5.74, 6) is 1.88. The molecule has 9 nitrogen and oxygen atoms in total. The van der Waals surface area contributed by atoms with Crippen LogP contribution in [-0.2, 0) is 11.3 Å². The zero-order valence-electron chi connectivity index (χ0n) is 23.0. The van der Waals surface area contributed by atoms with Gasteiger partial charge in [-0.1, -0.05) is 54.6 Å². The second-order valence-electron chi connectivity index (χ2n) is 10.1. The topological polar surface area (TPSA) is 113 Å². The van der Waals surface area contributed by atoms with Crippen molar-refractivity contribution in [2.24, 2.45) is 5.92 Å². The number of carboxylic acid groups (broad SMARTS) is 1. The average Bonchev–Trinajstić information content (AvgIpc) is 3.63. The van der Waals surface area contributed by atoms with E-state index in [1.165, 1.54) is 11.3 Å². The lowest BCUT2D eigenvalue weighted by atomic mass is 9.86. The summed E-state index contributed by atoms with van der Waals surface area (Å²) < 4.78 is 11.6. The molecule has 1 aliphatic heterocycles. The van der Waals surface area contributed by atoms with Crippen LogP contribution in [0.5, 0.6) is 11.5 Å². The minimum Gasteiger partial charge on any atom is -0.494 e. The van der Waals surface area contributed by atoms with Gasteiger partial charge in [0.15, 0.2) is 5.82 Å². The number of rotatable bonds is 15. The molecule has 0 spiro atoms. The van der Waals surface area contributed by atoms with E-state index in [0.29, 0.717) is 32.0 Å². The summed E-state index contributed by atoms with van der Waals surface area (Å²) in [6.45, 7) is 1.85. The van der Waals surface area contributed by atoms with Crippen molar-refractivity contribution in [3.05, 3.63) is 107 Å². The predicted molar refractivity (Wildman–Crippen MR) is 156 cm³/mol. The Morgan fingerprint density at radius 1 is 1.00 bits per heavy atom. The standard InChI is InChI=1S/C32H35N5O4/c38-31(39)13-7-9-26-22-37(23-30-33-35-36-34-30)32-25(8-6-12-29(26)32)17-14-24-15-18-28(19-16-24)41-21-5-4-20-40-27-10-2-1-3-11-27/h1-3,6,8,10-11,14-19,22,29H,4-5,7,9,12-13,20-21,23H2,(H,38,39)(H,33,34,35,36)/b17-14+. The quantitative estimate of drug-likeness (QED) is 0.223. The van der Waals surface area contributed by atoms with Crippen LogP contribution in [0.1, 0.15) is 49.9 Å². The maximum absolute atomic E-state index is 11.1. The van der Waals surface area contributed by atoms with Gasteiger partial charge in [0.25, 0.3) is 0 Å². The second-order valence-corrected chi connectivity index (χ2v) is 10.1. The largest absolute Gasteiger partial charge is 0.494 e. The minimum absolute atomic E-state index is 0.167. The average molecular weight is 554 g/mol. The van der Waals surface area contributed by atoms with E-state index < -0.39 is 5.97 Å². The van der Waals surface area contributed by atoms with Gasteiger partial charge in [0, 0.05) is 24.2 Å². The maximum Gasteiger partial charge on any atom is 0.303 e. The number of fused-ring (bicyclic) bond motifs is 1. The molecule has 212 valence electrons. The highest BCUT2D eigenvalue weighted by atomic mass is 16.5. The van der Waals surface area contributed by atoms with Gasteiger partial charge >= 0.3 is 5.97 Å². The van der Waals surface area contributed by atoms with Gasteiger partial charge in [-0.2, -0.15) is 0 Å². The van der Waals surface area contributed by atoms with Crippen molar-refractivity contribution >= 4 is 12.0 Å². The fourth-order valence-corrected chi connectivity index (χ4v) is 5.11. The van der Waals surface area contributed by atoms with Crippen LogP contribution in [0.25, 0.3) is 6.08 Å². The smallest absolute Gasteiger partial charge is 0.303 e.